The van der Waals surface area contributed by atoms with Crippen molar-refractivity contribution < 1.29 is 19.4 Å². The van der Waals surface area contributed by atoms with E-state index in [0.29, 0.717) is 11.6 Å². The van der Waals surface area contributed by atoms with E-state index in [0.717, 1.165) is 29.0 Å². The second-order valence-corrected chi connectivity index (χ2v) is 9.10. The summed E-state index contributed by atoms with van der Waals surface area (Å²) in [6, 6.07) is 8.41. The van der Waals surface area contributed by atoms with Crippen molar-refractivity contribution in [2.45, 2.75) is 58.2 Å². The SMILES string of the molecule is CCCCc1ccc(-c2nc(NC(=O)[C@@H]3[C@@H](C(=O)O)[C@H]4CC[C@H]3O4)sc2C)cc1. The average Bonchev–Trinajstić information content (AvgIpc) is 3.41. The van der Waals surface area contributed by atoms with Gasteiger partial charge in [-0.15, -0.1) is 11.3 Å². The molecule has 1 aromatic carbocycles. The Hall–Kier alpha value is -2.25. The highest BCUT2D eigenvalue weighted by Gasteiger charge is 2.55. The zero-order valence-electron chi connectivity index (χ0n) is 16.7. The summed E-state index contributed by atoms with van der Waals surface area (Å²) in [4.78, 5) is 30.1. The monoisotopic (exact) mass is 414 g/mol. The molecule has 6 nitrogen and oxygen atoms in total. The minimum absolute atomic E-state index is 0.306. The summed E-state index contributed by atoms with van der Waals surface area (Å²) in [5.74, 6) is -2.70. The second-order valence-electron chi connectivity index (χ2n) is 7.89. The molecule has 7 heteroatoms. The van der Waals surface area contributed by atoms with Crippen LogP contribution >= 0.6 is 11.3 Å². The molecule has 29 heavy (non-hydrogen) atoms. The molecule has 0 unspecified atom stereocenters. The van der Waals surface area contributed by atoms with Crippen molar-refractivity contribution in [3.8, 4) is 11.3 Å². The molecule has 1 aromatic heterocycles. The molecule has 2 N–H and O–H groups in total. The molecule has 0 spiro atoms. The predicted molar refractivity (Wildman–Crippen MR) is 112 cm³/mol. The Morgan fingerprint density at radius 1 is 1.21 bits per heavy atom. The average molecular weight is 415 g/mol. The lowest BCUT2D eigenvalue weighted by Crippen LogP contribution is -2.40. The molecular weight excluding hydrogens is 388 g/mol. The Labute approximate surface area is 174 Å². The molecule has 0 radical (unpaired) electrons. The number of nitrogens with one attached hydrogen (secondary N) is 1. The predicted octanol–water partition coefficient (Wildman–Crippen LogP) is 4.28. The summed E-state index contributed by atoms with van der Waals surface area (Å²) in [5, 5.41) is 12.9. The number of aryl methyl sites for hydroxylation is 2. The van der Waals surface area contributed by atoms with Gasteiger partial charge in [-0.3, -0.25) is 9.59 Å². The van der Waals surface area contributed by atoms with Crippen LogP contribution in [-0.4, -0.2) is 34.2 Å². The molecule has 3 heterocycles. The van der Waals surface area contributed by atoms with Crippen molar-refractivity contribution in [2.24, 2.45) is 11.8 Å². The zero-order chi connectivity index (χ0) is 20.5. The van der Waals surface area contributed by atoms with E-state index in [1.54, 1.807) is 0 Å². The molecule has 2 fully saturated rings. The van der Waals surface area contributed by atoms with Crippen molar-refractivity contribution in [2.75, 3.05) is 5.32 Å². The van der Waals surface area contributed by atoms with Crippen LogP contribution in [0.15, 0.2) is 24.3 Å². The van der Waals surface area contributed by atoms with E-state index in [1.165, 1.54) is 29.7 Å². The topological polar surface area (TPSA) is 88.5 Å². The van der Waals surface area contributed by atoms with Gasteiger partial charge in [-0.25, -0.2) is 4.98 Å². The lowest BCUT2D eigenvalue weighted by atomic mass is 9.79. The number of carbonyl (C=O) groups excluding carboxylic acids is 1. The first kappa shape index (κ1) is 20.0. The third-order valence-corrected chi connectivity index (χ3v) is 6.82. The number of ether oxygens (including phenoxy) is 1. The summed E-state index contributed by atoms with van der Waals surface area (Å²) in [5.41, 5.74) is 3.19. The van der Waals surface area contributed by atoms with Crippen LogP contribution in [-0.2, 0) is 20.7 Å². The van der Waals surface area contributed by atoms with Crippen molar-refractivity contribution in [3.63, 3.8) is 0 Å². The highest BCUT2D eigenvalue weighted by atomic mass is 32.1. The number of aliphatic carboxylic acids is 1. The lowest BCUT2D eigenvalue weighted by Gasteiger charge is -2.23. The van der Waals surface area contributed by atoms with E-state index in [1.807, 2.05) is 6.92 Å². The number of hydrogen-bond acceptors (Lipinski definition) is 5. The number of rotatable bonds is 7. The van der Waals surface area contributed by atoms with Gasteiger partial charge in [-0.1, -0.05) is 37.6 Å². The van der Waals surface area contributed by atoms with Gasteiger partial charge in [0.1, 0.15) is 0 Å². The van der Waals surface area contributed by atoms with E-state index in [4.69, 9.17) is 4.74 Å². The molecule has 0 aliphatic carbocycles. The van der Waals surface area contributed by atoms with Crippen LogP contribution in [0.2, 0.25) is 0 Å². The maximum absolute atomic E-state index is 12.8. The Bertz CT molecular complexity index is 908. The molecule has 2 aromatic rings. The number of anilines is 1. The first-order valence-corrected chi connectivity index (χ1v) is 11.1. The molecule has 4 atom stereocenters. The van der Waals surface area contributed by atoms with Gasteiger partial charge in [0.05, 0.1) is 29.7 Å². The van der Waals surface area contributed by atoms with Gasteiger partial charge < -0.3 is 15.2 Å². The zero-order valence-corrected chi connectivity index (χ0v) is 17.5. The molecule has 4 rings (SSSR count). The number of nitrogens with zero attached hydrogens (tertiary/aromatic N) is 1. The van der Waals surface area contributed by atoms with Gasteiger partial charge in [0.15, 0.2) is 5.13 Å². The molecular formula is C22H26N2O4S. The largest absolute Gasteiger partial charge is 0.481 e. The summed E-state index contributed by atoms with van der Waals surface area (Å²) in [6.07, 6.45) is 4.20. The summed E-state index contributed by atoms with van der Waals surface area (Å²) in [6.45, 7) is 4.17. The Morgan fingerprint density at radius 3 is 2.55 bits per heavy atom. The van der Waals surface area contributed by atoms with Gasteiger partial charge in [0.25, 0.3) is 0 Å². The maximum Gasteiger partial charge on any atom is 0.310 e. The minimum atomic E-state index is -0.962. The molecule has 2 saturated heterocycles. The second kappa shape index (κ2) is 8.24. The Morgan fingerprint density at radius 2 is 1.90 bits per heavy atom. The summed E-state index contributed by atoms with van der Waals surface area (Å²) >= 11 is 1.41. The number of benzene rings is 1. The fourth-order valence-electron chi connectivity index (χ4n) is 4.44. The van der Waals surface area contributed by atoms with E-state index in [9.17, 15) is 14.7 Å². The number of amides is 1. The van der Waals surface area contributed by atoms with E-state index in [-0.39, 0.29) is 18.1 Å². The van der Waals surface area contributed by atoms with Crippen LogP contribution < -0.4 is 5.32 Å². The minimum Gasteiger partial charge on any atom is -0.481 e. The van der Waals surface area contributed by atoms with Crippen molar-refractivity contribution in [1.29, 1.82) is 0 Å². The first-order chi connectivity index (χ1) is 14.0. The van der Waals surface area contributed by atoms with E-state index < -0.39 is 17.8 Å². The maximum atomic E-state index is 12.8. The number of carboxylic acids is 1. The first-order valence-electron chi connectivity index (χ1n) is 10.2. The Kier molecular flexibility index (Phi) is 5.69. The van der Waals surface area contributed by atoms with Crippen LogP contribution in [0.4, 0.5) is 5.13 Å². The normalized spacial score (nSPS) is 25.3. The van der Waals surface area contributed by atoms with Crippen LogP contribution in [0.3, 0.4) is 0 Å². The number of fused-ring (bicyclic) bond motifs is 2. The van der Waals surface area contributed by atoms with E-state index >= 15 is 0 Å². The number of carboxylic acid groups (broad SMARTS) is 1. The van der Waals surface area contributed by atoms with Crippen molar-refractivity contribution in [3.05, 3.63) is 34.7 Å². The Balaban J connectivity index is 1.48. The van der Waals surface area contributed by atoms with Gasteiger partial charge >= 0.3 is 5.97 Å². The van der Waals surface area contributed by atoms with Crippen LogP contribution in [0.25, 0.3) is 11.3 Å². The number of hydrogen-bond donors (Lipinski definition) is 2. The standard InChI is InChI=1S/C22H26N2O4S/c1-3-4-5-13-6-8-14(9-7-13)19-12(2)29-22(23-19)24-20(25)17-15-10-11-16(28-15)18(17)21(26)27/h6-9,15-18H,3-5,10-11H2,1-2H3,(H,26,27)(H,23,24,25)/t15-,16-,17+,18+/m1/s1. The molecule has 2 aliphatic heterocycles. The van der Waals surface area contributed by atoms with Gasteiger partial charge in [-0.05, 0) is 38.2 Å². The highest BCUT2D eigenvalue weighted by Crippen LogP contribution is 2.44. The van der Waals surface area contributed by atoms with Crippen LogP contribution in [0, 0.1) is 18.8 Å². The van der Waals surface area contributed by atoms with Crippen LogP contribution in [0.1, 0.15) is 43.0 Å². The van der Waals surface area contributed by atoms with E-state index in [2.05, 4.69) is 41.5 Å². The van der Waals surface area contributed by atoms with Gasteiger partial charge in [-0.2, -0.15) is 0 Å². The number of unbranched alkanes of at least 4 members (excludes halogenated alkanes) is 1. The van der Waals surface area contributed by atoms with Gasteiger partial charge in [0, 0.05) is 10.4 Å². The fraction of sp³-hybridized carbons (Fsp3) is 0.500. The fourth-order valence-corrected chi connectivity index (χ4v) is 5.28. The molecule has 2 aliphatic rings. The molecule has 0 saturated carbocycles. The number of aromatic nitrogens is 1. The molecule has 154 valence electrons. The van der Waals surface area contributed by atoms with Gasteiger partial charge in [0.2, 0.25) is 5.91 Å². The quantitative estimate of drug-likeness (QED) is 0.706. The molecule has 2 bridgehead atoms. The van der Waals surface area contributed by atoms with Crippen molar-refractivity contribution in [1.82, 2.24) is 4.98 Å². The summed E-state index contributed by atoms with van der Waals surface area (Å²) in [7, 11) is 0. The summed E-state index contributed by atoms with van der Waals surface area (Å²) < 4.78 is 5.70. The third-order valence-electron chi connectivity index (χ3n) is 5.93. The number of thiazole rings is 1. The third kappa shape index (κ3) is 3.94. The lowest BCUT2D eigenvalue weighted by molar-refractivity contribution is -0.147. The highest BCUT2D eigenvalue weighted by molar-refractivity contribution is 7.16. The molecule has 1 amide bonds. The smallest absolute Gasteiger partial charge is 0.310 e. The number of carbonyl (C=O) groups is 2. The van der Waals surface area contributed by atoms with Crippen molar-refractivity contribution >= 4 is 28.3 Å². The van der Waals surface area contributed by atoms with Crippen LogP contribution in [0.5, 0.6) is 0 Å².